The molecule has 3 heteroatoms. The van der Waals surface area contributed by atoms with E-state index in [9.17, 15) is 0 Å². The lowest BCUT2D eigenvalue weighted by atomic mass is 10.5. The van der Waals surface area contributed by atoms with Crippen molar-refractivity contribution in [3.05, 3.63) is 11.8 Å². The van der Waals surface area contributed by atoms with Crippen molar-refractivity contribution in [3.8, 4) is 0 Å². The summed E-state index contributed by atoms with van der Waals surface area (Å²) >= 11 is 5.24. The van der Waals surface area contributed by atoms with Gasteiger partial charge in [0.15, 0.2) is 5.29 Å². The lowest BCUT2D eigenvalue weighted by Crippen LogP contribution is -2.00. The van der Waals surface area contributed by atoms with E-state index in [-0.39, 0.29) is 5.29 Å². The molecule has 0 aromatic carbocycles. The molecule has 0 aliphatic heterocycles. The molecule has 0 aromatic rings. The van der Waals surface area contributed by atoms with Gasteiger partial charge in [-0.2, -0.15) is 0 Å². The largest absolute Gasteiger partial charge is 0.374 e. The van der Waals surface area contributed by atoms with Crippen molar-refractivity contribution in [2.45, 2.75) is 13.8 Å². The van der Waals surface area contributed by atoms with Gasteiger partial charge in [0, 0.05) is 5.70 Å². The minimum Gasteiger partial charge on any atom is -0.374 e. The van der Waals surface area contributed by atoms with Gasteiger partial charge < -0.3 is 5.73 Å². The van der Waals surface area contributed by atoms with E-state index in [0.717, 1.165) is 5.70 Å². The molecule has 0 aromatic heterocycles. The van der Waals surface area contributed by atoms with E-state index in [2.05, 4.69) is 4.99 Å². The molecule has 0 radical (unpaired) electrons. The van der Waals surface area contributed by atoms with Crippen LogP contribution in [0.1, 0.15) is 13.8 Å². The molecule has 0 fully saturated rings. The van der Waals surface area contributed by atoms with E-state index < -0.39 is 0 Å². The molecule has 2 N–H and O–H groups in total. The van der Waals surface area contributed by atoms with E-state index in [1.807, 2.05) is 19.9 Å². The van der Waals surface area contributed by atoms with Crippen LogP contribution in [0.25, 0.3) is 0 Å². The summed E-state index contributed by atoms with van der Waals surface area (Å²) in [7, 11) is 0. The Balaban J connectivity index is 3.89. The number of rotatable bonds is 1. The van der Waals surface area contributed by atoms with Crippen LogP contribution in [0.2, 0.25) is 0 Å². The van der Waals surface area contributed by atoms with E-state index in [1.54, 1.807) is 0 Å². The number of halogens is 1. The molecule has 0 saturated carbocycles. The summed E-state index contributed by atoms with van der Waals surface area (Å²) < 4.78 is 0. The van der Waals surface area contributed by atoms with Crippen LogP contribution in [0.4, 0.5) is 0 Å². The van der Waals surface area contributed by atoms with Crippen molar-refractivity contribution in [2.75, 3.05) is 0 Å². The zero-order chi connectivity index (χ0) is 6.57. The highest BCUT2D eigenvalue weighted by Gasteiger charge is 1.80. The van der Waals surface area contributed by atoms with E-state index >= 15 is 0 Å². The van der Waals surface area contributed by atoms with Crippen molar-refractivity contribution in [3.63, 3.8) is 0 Å². The van der Waals surface area contributed by atoms with Crippen LogP contribution < -0.4 is 5.73 Å². The minimum absolute atomic E-state index is 0.0839. The number of hydrogen-bond acceptors (Lipinski definition) is 1. The Bertz CT molecular complexity index is 122. The molecule has 0 amide bonds. The molecule has 0 unspecified atom stereocenters. The fourth-order valence-corrected chi connectivity index (χ4v) is 0.366. The molecule has 0 aliphatic carbocycles. The highest BCUT2D eigenvalue weighted by molar-refractivity contribution is 6.64. The molecule has 8 heavy (non-hydrogen) atoms. The Labute approximate surface area is 54.0 Å². The summed E-state index contributed by atoms with van der Waals surface area (Å²) in [5, 5.41) is 0.0839. The van der Waals surface area contributed by atoms with Crippen LogP contribution in [0.3, 0.4) is 0 Å². The molecular weight excluding hydrogens is 124 g/mol. The van der Waals surface area contributed by atoms with Crippen LogP contribution in [-0.2, 0) is 0 Å². The normalized spacial score (nSPS) is 14.4. The van der Waals surface area contributed by atoms with Gasteiger partial charge in [-0.15, -0.1) is 0 Å². The first-order valence-electron chi connectivity index (χ1n) is 2.29. The molecule has 2 nitrogen and oxygen atoms in total. The third kappa shape index (κ3) is 3.68. The summed E-state index contributed by atoms with van der Waals surface area (Å²) in [6, 6.07) is 0. The Hall–Kier alpha value is -0.500. The number of hydrogen-bond donors (Lipinski definition) is 1. The van der Waals surface area contributed by atoms with Crippen LogP contribution in [0, 0.1) is 0 Å². The average molecular weight is 133 g/mol. The molecule has 0 heterocycles. The maximum atomic E-state index is 5.24. The first-order valence-corrected chi connectivity index (χ1v) is 2.67. The summed E-state index contributed by atoms with van der Waals surface area (Å²) in [6.45, 7) is 3.70. The number of allylic oxidation sites excluding steroid dienone is 2. The highest BCUT2D eigenvalue weighted by Crippen LogP contribution is 1.93. The van der Waals surface area contributed by atoms with Gasteiger partial charge in [-0.05, 0) is 25.4 Å². The first kappa shape index (κ1) is 7.50. The third-order valence-electron chi connectivity index (χ3n) is 0.701. The van der Waals surface area contributed by atoms with E-state index in [1.165, 1.54) is 0 Å². The number of amidine groups is 1. The van der Waals surface area contributed by atoms with Crippen LogP contribution in [0.15, 0.2) is 16.8 Å². The van der Waals surface area contributed by atoms with Crippen molar-refractivity contribution in [1.29, 1.82) is 0 Å². The second-order valence-electron chi connectivity index (χ2n) is 1.36. The molecule has 46 valence electrons. The first-order chi connectivity index (χ1) is 3.66. The molecular formula is C5H9ClN2. The Morgan fingerprint density at radius 1 is 1.75 bits per heavy atom. The second kappa shape index (κ2) is 3.50. The Kier molecular flexibility index (Phi) is 3.28. The highest BCUT2D eigenvalue weighted by atomic mass is 35.5. The van der Waals surface area contributed by atoms with Crippen molar-refractivity contribution < 1.29 is 0 Å². The standard InChI is InChI=1S/C5H9ClN2/c1-3-4(2)8-5(6)7/h3H,1-2H3,(H2,7,8)/b4-3-. The molecule has 0 bridgehead atoms. The van der Waals surface area contributed by atoms with Crippen LogP contribution in [-0.4, -0.2) is 5.29 Å². The molecule has 0 aliphatic rings. The maximum absolute atomic E-state index is 5.24. The molecule has 0 atom stereocenters. The summed E-state index contributed by atoms with van der Waals surface area (Å²) in [4.78, 5) is 3.72. The lowest BCUT2D eigenvalue weighted by molar-refractivity contribution is 1.28. The number of nitrogens with zero attached hydrogens (tertiary/aromatic N) is 1. The van der Waals surface area contributed by atoms with E-state index in [4.69, 9.17) is 17.3 Å². The fraction of sp³-hybridized carbons (Fsp3) is 0.400. The SMILES string of the molecule is C/C=C(/C)N=C(N)Cl. The zero-order valence-electron chi connectivity index (χ0n) is 4.98. The molecule has 0 spiro atoms. The van der Waals surface area contributed by atoms with E-state index in [0.29, 0.717) is 0 Å². The van der Waals surface area contributed by atoms with Gasteiger partial charge in [0.05, 0.1) is 0 Å². The topological polar surface area (TPSA) is 38.4 Å². The van der Waals surface area contributed by atoms with Crippen molar-refractivity contribution >= 4 is 16.9 Å². The third-order valence-corrected chi connectivity index (χ3v) is 0.785. The van der Waals surface area contributed by atoms with Crippen LogP contribution in [0.5, 0.6) is 0 Å². The zero-order valence-corrected chi connectivity index (χ0v) is 5.74. The fourth-order valence-electron chi connectivity index (χ4n) is 0.233. The maximum Gasteiger partial charge on any atom is 0.193 e. The lowest BCUT2D eigenvalue weighted by Gasteiger charge is -1.86. The van der Waals surface area contributed by atoms with Gasteiger partial charge in [-0.25, -0.2) is 4.99 Å². The second-order valence-corrected chi connectivity index (χ2v) is 1.75. The van der Waals surface area contributed by atoms with Crippen LogP contribution >= 0.6 is 11.6 Å². The van der Waals surface area contributed by atoms with Gasteiger partial charge in [-0.3, -0.25) is 0 Å². The monoisotopic (exact) mass is 132 g/mol. The summed E-state index contributed by atoms with van der Waals surface area (Å²) in [5.74, 6) is 0. The number of nitrogens with two attached hydrogens (primary N) is 1. The average Bonchev–Trinajstić information content (AvgIpc) is 1.65. The molecule has 0 saturated heterocycles. The van der Waals surface area contributed by atoms with Gasteiger partial charge in [0.1, 0.15) is 0 Å². The van der Waals surface area contributed by atoms with Gasteiger partial charge in [0.25, 0.3) is 0 Å². The Morgan fingerprint density at radius 2 is 2.25 bits per heavy atom. The minimum atomic E-state index is 0.0839. The van der Waals surface area contributed by atoms with Crippen molar-refractivity contribution in [2.24, 2.45) is 10.7 Å². The van der Waals surface area contributed by atoms with Gasteiger partial charge >= 0.3 is 0 Å². The molecule has 0 rings (SSSR count). The predicted octanol–water partition coefficient (Wildman–Crippen LogP) is 1.46. The summed E-state index contributed by atoms with van der Waals surface area (Å²) in [6.07, 6.45) is 1.83. The predicted molar refractivity (Wildman–Crippen MR) is 36.9 cm³/mol. The smallest absolute Gasteiger partial charge is 0.193 e. The van der Waals surface area contributed by atoms with Gasteiger partial charge in [0.2, 0.25) is 0 Å². The Morgan fingerprint density at radius 3 is 2.38 bits per heavy atom. The van der Waals surface area contributed by atoms with Crippen molar-refractivity contribution in [1.82, 2.24) is 0 Å². The quantitative estimate of drug-likeness (QED) is 0.328. The summed E-state index contributed by atoms with van der Waals surface area (Å²) in [5.41, 5.74) is 5.87. The van der Waals surface area contributed by atoms with Gasteiger partial charge in [-0.1, -0.05) is 6.08 Å². The number of aliphatic imine (C=N–C) groups is 1.